The predicted octanol–water partition coefficient (Wildman–Crippen LogP) is 3.97. The lowest BCUT2D eigenvalue weighted by atomic mass is 10.0. The summed E-state index contributed by atoms with van der Waals surface area (Å²) in [4.78, 5) is 23.6. The summed E-state index contributed by atoms with van der Waals surface area (Å²) < 4.78 is 7.00. The maximum absolute atomic E-state index is 13.3. The van der Waals surface area contributed by atoms with E-state index in [1.54, 1.807) is 23.0 Å². The van der Waals surface area contributed by atoms with E-state index in [-0.39, 0.29) is 11.9 Å². The zero-order valence-corrected chi connectivity index (χ0v) is 17.4. The van der Waals surface area contributed by atoms with Crippen LogP contribution in [0.1, 0.15) is 34.6 Å². The SMILES string of the molecule is COc1ccc2nc(C)c(C(=O)N(C)[C@@H](C)c3ccc(-n4cncn4)cc3)cc2c1. The van der Waals surface area contributed by atoms with Crippen LogP contribution in [0.5, 0.6) is 5.75 Å². The van der Waals surface area contributed by atoms with Crippen LogP contribution >= 0.6 is 0 Å². The Kier molecular flexibility index (Phi) is 5.18. The number of ether oxygens (including phenoxy) is 1. The Labute approximate surface area is 174 Å². The van der Waals surface area contributed by atoms with E-state index < -0.39 is 0 Å². The van der Waals surface area contributed by atoms with E-state index in [0.29, 0.717) is 11.3 Å². The van der Waals surface area contributed by atoms with Gasteiger partial charge in [0, 0.05) is 12.4 Å². The molecule has 2 aromatic heterocycles. The maximum atomic E-state index is 13.3. The van der Waals surface area contributed by atoms with E-state index in [0.717, 1.165) is 27.9 Å². The van der Waals surface area contributed by atoms with Crippen LogP contribution < -0.4 is 4.74 Å². The van der Waals surface area contributed by atoms with Crippen molar-refractivity contribution in [1.29, 1.82) is 0 Å². The number of aromatic nitrogens is 4. The van der Waals surface area contributed by atoms with Gasteiger partial charge in [0.05, 0.1) is 35.6 Å². The molecule has 0 radical (unpaired) electrons. The standard InChI is InChI=1S/C23H23N5O2/c1-15-21(12-18-11-20(30-4)9-10-22(18)26-15)23(29)27(3)16(2)17-5-7-19(8-6-17)28-14-24-13-25-28/h5-14,16H,1-4H3/t16-/m0/s1. The summed E-state index contributed by atoms with van der Waals surface area (Å²) in [6, 6.07) is 15.4. The smallest absolute Gasteiger partial charge is 0.255 e. The number of aryl methyl sites for hydroxylation is 1. The number of rotatable bonds is 5. The van der Waals surface area contributed by atoms with Crippen LogP contribution in [0.4, 0.5) is 0 Å². The third-order valence-corrected chi connectivity index (χ3v) is 5.40. The first-order chi connectivity index (χ1) is 14.5. The maximum Gasteiger partial charge on any atom is 0.255 e. The lowest BCUT2D eigenvalue weighted by Gasteiger charge is -2.26. The third kappa shape index (κ3) is 3.61. The number of carbonyl (C=O) groups excluding carboxylic acids is 1. The number of nitrogens with zero attached hydrogens (tertiary/aromatic N) is 5. The van der Waals surface area contributed by atoms with Gasteiger partial charge in [0.15, 0.2) is 0 Å². The highest BCUT2D eigenvalue weighted by Gasteiger charge is 2.21. The highest BCUT2D eigenvalue weighted by molar-refractivity contribution is 5.99. The van der Waals surface area contributed by atoms with Crippen molar-refractivity contribution >= 4 is 16.8 Å². The number of benzene rings is 2. The Balaban J connectivity index is 1.60. The average Bonchev–Trinajstić information content (AvgIpc) is 3.32. The molecular weight excluding hydrogens is 378 g/mol. The highest BCUT2D eigenvalue weighted by atomic mass is 16.5. The molecule has 0 unspecified atom stereocenters. The van der Waals surface area contributed by atoms with Crippen molar-refractivity contribution in [2.75, 3.05) is 14.2 Å². The van der Waals surface area contributed by atoms with Gasteiger partial charge in [-0.1, -0.05) is 12.1 Å². The van der Waals surface area contributed by atoms with Crippen LogP contribution in [0, 0.1) is 6.92 Å². The predicted molar refractivity (Wildman–Crippen MR) is 115 cm³/mol. The van der Waals surface area contributed by atoms with Gasteiger partial charge in [-0.05, 0) is 55.8 Å². The molecule has 0 bridgehead atoms. The van der Waals surface area contributed by atoms with Gasteiger partial charge in [0.1, 0.15) is 18.4 Å². The molecule has 0 N–H and O–H groups in total. The molecule has 30 heavy (non-hydrogen) atoms. The van der Waals surface area contributed by atoms with E-state index >= 15 is 0 Å². The monoisotopic (exact) mass is 401 g/mol. The molecule has 0 aliphatic heterocycles. The fourth-order valence-electron chi connectivity index (χ4n) is 3.43. The molecule has 2 aromatic carbocycles. The zero-order chi connectivity index (χ0) is 21.3. The largest absolute Gasteiger partial charge is 0.497 e. The summed E-state index contributed by atoms with van der Waals surface area (Å²) in [6.07, 6.45) is 3.15. The Hall–Kier alpha value is -3.74. The van der Waals surface area contributed by atoms with E-state index in [9.17, 15) is 4.79 Å². The van der Waals surface area contributed by atoms with Crippen molar-refractivity contribution in [3.05, 3.63) is 78.0 Å². The van der Waals surface area contributed by atoms with Gasteiger partial charge in [-0.3, -0.25) is 9.78 Å². The Morgan fingerprint density at radius 2 is 1.90 bits per heavy atom. The molecule has 7 heteroatoms. The number of hydrogen-bond acceptors (Lipinski definition) is 5. The first-order valence-corrected chi connectivity index (χ1v) is 9.65. The van der Waals surface area contributed by atoms with Crippen LogP contribution in [0.2, 0.25) is 0 Å². The summed E-state index contributed by atoms with van der Waals surface area (Å²) in [6.45, 7) is 3.87. The molecule has 2 heterocycles. The summed E-state index contributed by atoms with van der Waals surface area (Å²) in [7, 11) is 3.44. The van der Waals surface area contributed by atoms with Crippen molar-refractivity contribution in [1.82, 2.24) is 24.6 Å². The molecule has 0 saturated heterocycles. The fraction of sp³-hybridized carbons (Fsp3) is 0.217. The summed E-state index contributed by atoms with van der Waals surface area (Å²) >= 11 is 0. The summed E-state index contributed by atoms with van der Waals surface area (Å²) in [5.41, 5.74) is 4.08. The van der Waals surface area contributed by atoms with Crippen LogP contribution in [0.3, 0.4) is 0 Å². The van der Waals surface area contributed by atoms with Gasteiger partial charge in [-0.15, -0.1) is 0 Å². The van der Waals surface area contributed by atoms with Crippen LogP contribution in [-0.4, -0.2) is 44.7 Å². The molecule has 4 aromatic rings. The molecule has 152 valence electrons. The normalized spacial score (nSPS) is 12.0. The topological polar surface area (TPSA) is 73.1 Å². The quantitative estimate of drug-likeness (QED) is 0.506. The van der Waals surface area contributed by atoms with Gasteiger partial charge in [-0.25, -0.2) is 9.67 Å². The van der Waals surface area contributed by atoms with Gasteiger partial charge in [0.2, 0.25) is 0 Å². The summed E-state index contributed by atoms with van der Waals surface area (Å²) in [5, 5.41) is 5.01. The number of pyridine rings is 1. The van der Waals surface area contributed by atoms with Gasteiger partial charge in [0.25, 0.3) is 5.91 Å². The Morgan fingerprint density at radius 1 is 1.13 bits per heavy atom. The number of fused-ring (bicyclic) bond motifs is 1. The summed E-state index contributed by atoms with van der Waals surface area (Å²) in [5.74, 6) is 0.665. The fourth-order valence-corrected chi connectivity index (χ4v) is 3.43. The minimum absolute atomic E-state index is 0.0717. The zero-order valence-electron chi connectivity index (χ0n) is 17.4. The molecule has 0 spiro atoms. The van der Waals surface area contributed by atoms with Crippen LogP contribution in [0.25, 0.3) is 16.6 Å². The van der Waals surface area contributed by atoms with Crippen LogP contribution in [-0.2, 0) is 0 Å². The second-order valence-corrected chi connectivity index (χ2v) is 7.20. The second kappa shape index (κ2) is 7.94. The highest BCUT2D eigenvalue weighted by Crippen LogP contribution is 2.26. The van der Waals surface area contributed by atoms with Gasteiger partial charge in [-0.2, -0.15) is 5.10 Å². The molecule has 4 rings (SSSR count). The Morgan fingerprint density at radius 3 is 2.57 bits per heavy atom. The average molecular weight is 401 g/mol. The van der Waals surface area contributed by atoms with Crippen molar-refractivity contribution in [3.63, 3.8) is 0 Å². The molecular formula is C23H23N5O2. The first kappa shape index (κ1) is 19.6. The molecule has 7 nitrogen and oxygen atoms in total. The molecule has 0 saturated carbocycles. The van der Waals surface area contributed by atoms with E-state index in [2.05, 4.69) is 15.1 Å². The minimum atomic E-state index is -0.109. The van der Waals surface area contributed by atoms with E-state index in [1.165, 1.54) is 6.33 Å². The number of hydrogen-bond donors (Lipinski definition) is 0. The molecule has 1 amide bonds. The first-order valence-electron chi connectivity index (χ1n) is 9.65. The lowest BCUT2D eigenvalue weighted by molar-refractivity contribution is 0.0741. The molecule has 0 aliphatic rings. The number of carbonyl (C=O) groups is 1. The van der Waals surface area contributed by atoms with Crippen molar-refractivity contribution in [2.24, 2.45) is 0 Å². The second-order valence-electron chi connectivity index (χ2n) is 7.20. The Bertz CT molecular complexity index is 1190. The van der Waals surface area contributed by atoms with Crippen molar-refractivity contribution in [2.45, 2.75) is 19.9 Å². The van der Waals surface area contributed by atoms with Crippen LogP contribution in [0.15, 0.2) is 61.2 Å². The van der Waals surface area contributed by atoms with E-state index in [1.807, 2.05) is 69.4 Å². The van der Waals surface area contributed by atoms with Gasteiger partial charge >= 0.3 is 0 Å². The minimum Gasteiger partial charge on any atom is -0.497 e. The van der Waals surface area contributed by atoms with Crippen molar-refractivity contribution in [3.8, 4) is 11.4 Å². The molecule has 0 aliphatic carbocycles. The van der Waals surface area contributed by atoms with E-state index in [4.69, 9.17) is 4.74 Å². The third-order valence-electron chi connectivity index (χ3n) is 5.40. The number of amides is 1. The molecule has 1 atom stereocenters. The molecule has 0 fully saturated rings. The lowest BCUT2D eigenvalue weighted by Crippen LogP contribution is -2.30. The number of methoxy groups -OCH3 is 1. The van der Waals surface area contributed by atoms with Crippen molar-refractivity contribution < 1.29 is 9.53 Å². The van der Waals surface area contributed by atoms with Gasteiger partial charge < -0.3 is 9.64 Å².